The normalized spacial score (nSPS) is 25.5. The minimum Gasteiger partial charge on any atom is -0.480 e. The number of carboxylic acids is 1. The molecule has 0 radical (unpaired) electrons. The van der Waals surface area contributed by atoms with Crippen molar-refractivity contribution in [3.8, 4) is 0 Å². The highest BCUT2D eigenvalue weighted by atomic mass is 32.1. The molecule has 0 spiro atoms. The fourth-order valence-electron chi connectivity index (χ4n) is 3.38. The quantitative estimate of drug-likeness (QED) is 0.914. The summed E-state index contributed by atoms with van der Waals surface area (Å²) in [6, 6.07) is 1.36. The second-order valence-corrected chi connectivity index (χ2v) is 7.39. The summed E-state index contributed by atoms with van der Waals surface area (Å²) in [4.78, 5) is 27.6. The molecule has 5 heteroatoms. The van der Waals surface area contributed by atoms with Crippen molar-refractivity contribution in [2.24, 2.45) is 5.92 Å². The zero-order chi connectivity index (χ0) is 15.0. The summed E-state index contributed by atoms with van der Waals surface area (Å²) in [6.45, 7) is 2.81. The van der Waals surface area contributed by atoms with Gasteiger partial charge in [-0.3, -0.25) is 4.79 Å². The molecule has 1 aromatic heterocycles. The molecule has 0 aromatic carbocycles. The van der Waals surface area contributed by atoms with E-state index in [1.54, 1.807) is 16.2 Å². The lowest BCUT2D eigenvalue weighted by Crippen LogP contribution is -2.47. The molecule has 1 N–H and O–H groups in total. The maximum absolute atomic E-state index is 12.7. The Morgan fingerprint density at radius 3 is 2.90 bits per heavy atom. The van der Waals surface area contributed by atoms with Crippen molar-refractivity contribution < 1.29 is 14.7 Å². The number of thiophene rings is 1. The van der Waals surface area contributed by atoms with Gasteiger partial charge in [-0.2, -0.15) is 0 Å². The zero-order valence-electron chi connectivity index (χ0n) is 12.3. The number of carbonyl (C=O) groups excluding carboxylic acids is 1. The van der Waals surface area contributed by atoms with Crippen LogP contribution >= 0.6 is 11.3 Å². The number of hydrogen-bond donors (Lipinski definition) is 1. The van der Waals surface area contributed by atoms with Crippen molar-refractivity contribution in [3.05, 3.63) is 21.4 Å². The van der Waals surface area contributed by atoms with Crippen LogP contribution < -0.4 is 0 Å². The van der Waals surface area contributed by atoms with Crippen molar-refractivity contribution >= 4 is 23.2 Å². The number of piperidine rings is 1. The molecule has 1 aliphatic heterocycles. The van der Waals surface area contributed by atoms with Crippen LogP contribution in [0.1, 0.15) is 52.7 Å². The number of rotatable bonds is 2. The summed E-state index contributed by atoms with van der Waals surface area (Å²) < 4.78 is 0. The van der Waals surface area contributed by atoms with Crippen molar-refractivity contribution in [1.29, 1.82) is 0 Å². The highest BCUT2D eigenvalue weighted by molar-refractivity contribution is 7.14. The third-order valence-corrected chi connectivity index (χ3v) is 5.81. The number of carbonyl (C=O) groups is 2. The molecule has 114 valence electrons. The van der Waals surface area contributed by atoms with Crippen molar-refractivity contribution in [2.75, 3.05) is 6.54 Å². The van der Waals surface area contributed by atoms with Gasteiger partial charge in [-0.05, 0) is 56.1 Å². The first-order chi connectivity index (χ1) is 10.1. The van der Waals surface area contributed by atoms with Gasteiger partial charge < -0.3 is 10.0 Å². The Balaban J connectivity index is 1.83. The summed E-state index contributed by atoms with van der Waals surface area (Å²) in [5.41, 5.74) is 1.30. The molecule has 1 fully saturated rings. The van der Waals surface area contributed by atoms with E-state index in [9.17, 15) is 14.7 Å². The maximum Gasteiger partial charge on any atom is 0.326 e. The lowest BCUT2D eigenvalue weighted by Gasteiger charge is -2.32. The topological polar surface area (TPSA) is 57.6 Å². The summed E-state index contributed by atoms with van der Waals surface area (Å²) in [7, 11) is 0. The molecule has 0 bridgehead atoms. The molecule has 2 atom stereocenters. The van der Waals surface area contributed by atoms with Gasteiger partial charge >= 0.3 is 5.97 Å². The van der Waals surface area contributed by atoms with Crippen LogP contribution in [0.15, 0.2) is 6.07 Å². The maximum atomic E-state index is 12.7. The van der Waals surface area contributed by atoms with Crippen LogP contribution in [0.5, 0.6) is 0 Å². The van der Waals surface area contributed by atoms with E-state index in [0.29, 0.717) is 18.9 Å². The number of nitrogens with zero attached hydrogens (tertiary/aromatic N) is 1. The molecular formula is C16H21NO3S. The second-order valence-electron chi connectivity index (χ2n) is 6.26. The molecule has 0 saturated carbocycles. The van der Waals surface area contributed by atoms with Crippen LogP contribution in [0.2, 0.25) is 0 Å². The second kappa shape index (κ2) is 5.79. The standard InChI is InChI=1S/C16H21NO3S/c1-10-5-6-13-11(8-10)9-14(21-13)15(18)17-7-3-2-4-12(17)16(19)20/h9-10,12H,2-8H2,1H3,(H,19,20). The molecule has 2 unspecified atom stereocenters. The summed E-state index contributed by atoms with van der Waals surface area (Å²) in [6.07, 6.45) is 5.64. The third kappa shape index (κ3) is 2.84. The van der Waals surface area contributed by atoms with Gasteiger partial charge in [0.2, 0.25) is 0 Å². The zero-order valence-corrected chi connectivity index (χ0v) is 13.1. The number of aryl methyl sites for hydroxylation is 1. The predicted molar refractivity (Wildman–Crippen MR) is 81.8 cm³/mol. The smallest absolute Gasteiger partial charge is 0.326 e. The van der Waals surface area contributed by atoms with E-state index in [0.717, 1.165) is 30.6 Å². The van der Waals surface area contributed by atoms with Gasteiger partial charge in [0.1, 0.15) is 6.04 Å². The van der Waals surface area contributed by atoms with Gasteiger partial charge in [-0.15, -0.1) is 11.3 Å². The molecular weight excluding hydrogens is 286 g/mol. The van der Waals surface area contributed by atoms with Crippen LogP contribution in [0, 0.1) is 5.92 Å². The van der Waals surface area contributed by atoms with Crippen molar-refractivity contribution in [3.63, 3.8) is 0 Å². The molecule has 1 amide bonds. The van der Waals surface area contributed by atoms with Gasteiger partial charge in [-0.1, -0.05) is 6.92 Å². The fourth-order valence-corrected chi connectivity index (χ4v) is 4.55. The highest BCUT2D eigenvalue weighted by Gasteiger charge is 2.33. The lowest BCUT2D eigenvalue weighted by molar-refractivity contribution is -0.143. The fraction of sp³-hybridized carbons (Fsp3) is 0.625. The van der Waals surface area contributed by atoms with E-state index < -0.39 is 12.0 Å². The number of aliphatic carboxylic acids is 1. The van der Waals surface area contributed by atoms with E-state index in [2.05, 4.69) is 6.92 Å². The minimum absolute atomic E-state index is 0.0887. The van der Waals surface area contributed by atoms with E-state index in [4.69, 9.17) is 0 Å². The van der Waals surface area contributed by atoms with Crippen LogP contribution in [0.25, 0.3) is 0 Å². The largest absolute Gasteiger partial charge is 0.480 e. The highest BCUT2D eigenvalue weighted by Crippen LogP contribution is 2.33. The SMILES string of the molecule is CC1CCc2sc(C(=O)N3CCCCC3C(=O)O)cc2C1. The summed E-state index contributed by atoms with van der Waals surface area (Å²) >= 11 is 1.57. The summed E-state index contributed by atoms with van der Waals surface area (Å²) in [5, 5.41) is 9.31. The molecule has 1 aliphatic carbocycles. The first-order valence-electron chi connectivity index (χ1n) is 7.71. The van der Waals surface area contributed by atoms with Gasteiger partial charge in [0.25, 0.3) is 5.91 Å². The number of amides is 1. The average Bonchev–Trinajstić information content (AvgIpc) is 2.89. The van der Waals surface area contributed by atoms with Crippen molar-refractivity contribution in [1.82, 2.24) is 4.90 Å². The molecule has 1 saturated heterocycles. The van der Waals surface area contributed by atoms with Crippen molar-refractivity contribution in [2.45, 2.75) is 51.5 Å². The minimum atomic E-state index is -0.877. The first kappa shape index (κ1) is 14.6. The van der Waals surface area contributed by atoms with Crippen LogP contribution in [-0.4, -0.2) is 34.5 Å². The predicted octanol–water partition coefficient (Wildman–Crippen LogP) is 2.95. The molecule has 1 aromatic rings. The monoisotopic (exact) mass is 307 g/mol. The average molecular weight is 307 g/mol. The Morgan fingerprint density at radius 2 is 2.14 bits per heavy atom. The van der Waals surface area contributed by atoms with Gasteiger partial charge in [0.05, 0.1) is 4.88 Å². The molecule has 3 rings (SSSR count). The Morgan fingerprint density at radius 1 is 1.33 bits per heavy atom. The lowest BCUT2D eigenvalue weighted by atomic mass is 9.90. The first-order valence-corrected chi connectivity index (χ1v) is 8.53. The van der Waals surface area contributed by atoms with Gasteiger partial charge in [0.15, 0.2) is 0 Å². The molecule has 4 nitrogen and oxygen atoms in total. The number of likely N-dealkylation sites (tertiary alicyclic amines) is 1. The number of fused-ring (bicyclic) bond motifs is 1. The summed E-state index contributed by atoms with van der Waals surface area (Å²) in [5.74, 6) is -0.288. The van der Waals surface area contributed by atoms with Crippen LogP contribution in [0.3, 0.4) is 0 Å². The molecule has 2 heterocycles. The Labute approximate surface area is 128 Å². The van der Waals surface area contributed by atoms with Gasteiger partial charge in [-0.25, -0.2) is 4.79 Å². The Hall–Kier alpha value is -1.36. The number of carboxylic acid groups (broad SMARTS) is 1. The van der Waals surface area contributed by atoms with E-state index in [-0.39, 0.29) is 5.91 Å². The van der Waals surface area contributed by atoms with E-state index >= 15 is 0 Å². The van der Waals surface area contributed by atoms with Crippen LogP contribution in [0.4, 0.5) is 0 Å². The molecule has 21 heavy (non-hydrogen) atoms. The van der Waals surface area contributed by atoms with Crippen LogP contribution in [-0.2, 0) is 17.6 Å². The van der Waals surface area contributed by atoms with E-state index in [1.165, 1.54) is 16.9 Å². The van der Waals surface area contributed by atoms with E-state index in [1.807, 2.05) is 6.07 Å². The third-order valence-electron chi connectivity index (χ3n) is 4.59. The molecule has 2 aliphatic rings. The van der Waals surface area contributed by atoms with Gasteiger partial charge in [0, 0.05) is 11.4 Å². The Bertz CT molecular complexity index is 566. The number of hydrogen-bond acceptors (Lipinski definition) is 3. The Kier molecular flexibility index (Phi) is 4.02.